The quantitative estimate of drug-likeness (QED) is 0.0299. The number of Topliss-reactive ketones (excluding diaryl/α,β-unsaturated/α-hetero) is 1. The lowest BCUT2D eigenvalue weighted by atomic mass is 9.73. The average molecular weight is 1050 g/mol. The molecule has 0 saturated carbocycles. The fourth-order valence-electron chi connectivity index (χ4n) is 9.11. The number of allylic oxidation sites excluding steroid dienone is 5. The molecule has 26 heteroatoms. The zero-order valence-electron chi connectivity index (χ0n) is 37.1. The van der Waals surface area contributed by atoms with Crippen LogP contribution in [0.5, 0.6) is 0 Å². The number of carbonyl (C=O) groups is 2. The number of benzene rings is 2. The fraction of sp³-hybridized carbons (Fsp3) is 0.500. The summed E-state index contributed by atoms with van der Waals surface area (Å²) in [6.07, 6.45) is 4.20. The third kappa shape index (κ3) is 13.1. The zero-order chi connectivity index (χ0) is 50.8. The van der Waals surface area contributed by atoms with Gasteiger partial charge in [-0.05, 0) is 107 Å². The first kappa shape index (κ1) is 54.6. The third-order valence-electron chi connectivity index (χ3n) is 12.5. The van der Waals surface area contributed by atoms with E-state index in [4.69, 9.17) is 0 Å². The van der Waals surface area contributed by atoms with Gasteiger partial charge in [-0.3, -0.25) is 32.4 Å². The maximum Gasteiger partial charge on any atom is 0.303 e. The number of aliphatic hydroxyl groups excluding tert-OH is 1. The van der Waals surface area contributed by atoms with Crippen LogP contribution in [-0.4, -0.2) is 127 Å². The topological polar surface area (TPSA) is 353 Å². The number of carboxylic acids is 1. The van der Waals surface area contributed by atoms with Gasteiger partial charge in [0.25, 0.3) is 50.6 Å². The molecule has 2 unspecified atom stereocenters. The van der Waals surface area contributed by atoms with Crippen molar-refractivity contribution in [1.29, 1.82) is 0 Å². The van der Waals surface area contributed by atoms with E-state index in [2.05, 4.69) is 0 Å². The molecule has 2 atom stereocenters. The summed E-state index contributed by atoms with van der Waals surface area (Å²) in [5.41, 5.74) is -0.894. The van der Waals surface area contributed by atoms with Gasteiger partial charge in [0.2, 0.25) is 11.5 Å². The lowest BCUT2D eigenvalue weighted by molar-refractivity contribution is -0.438. The number of hydrogen-bond donors (Lipinski definition) is 7. The second kappa shape index (κ2) is 20.5. The summed E-state index contributed by atoms with van der Waals surface area (Å²) in [4.78, 5) is 26.3. The Labute approximate surface area is 395 Å². The van der Waals surface area contributed by atoms with Crippen molar-refractivity contribution in [1.82, 2.24) is 0 Å². The molecule has 0 spiro atoms. The maximum absolute atomic E-state index is 14.4. The fourth-order valence-corrected chi connectivity index (χ4v) is 11.8. The van der Waals surface area contributed by atoms with Crippen molar-refractivity contribution in [2.24, 2.45) is 0 Å². The molecule has 3 aliphatic rings. The van der Waals surface area contributed by atoms with Gasteiger partial charge >= 0.3 is 5.97 Å². The molecule has 1 aliphatic carbocycles. The molecule has 0 fully saturated rings. The molecule has 0 amide bonds. The van der Waals surface area contributed by atoms with Gasteiger partial charge in [0.15, 0.2) is 5.71 Å². The molecular weight excluding hydrogens is 997 g/mol. The molecule has 2 aromatic carbocycles. The first-order valence-electron chi connectivity index (χ1n) is 21.4. The summed E-state index contributed by atoms with van der Waals surface area (Å²) in [7, 11) is -22.6. The van der Waals surface area contributed by atoms with Crippen molar-refractivity contribution >= 4 is 79.4 Å². The van der Waals surface area contributed by atoms with E-state index in [0.717, 1.165) is 6.07 Å². The minimum absolute atomic E-state index is 0.0181. The standard InChI is InChI=1S/C42H54N2O19S5/c1-41(17-5-9-21-64(49,50)51)32-24-28(67(58,59)60)13-15-34(32)43(19-7-3-4-12-38(45)46)36(41)26-30-39(47)31(40(30)48)27-37-42(2,18-6-10-22-65(52,53)54)33-25-29(68(61,62)63)14-16-35(33)44(37)20-8-11-23-66(55,56)57/h13-16,24-27H,3-12,17-23H2,1-2H3,(H6-,45,46,47,48,49,50,51,52,53,54,55,56,57,58,59,60,61,62,63)/p+1. The highest BCUT2D eigenvalue weighted by Gasteiger charge is 2.50. The smallest absolute Gasteiger partial charge is 0.303 e. The van der Waals surface area contributed by atoms with E-state index in [9.17, 15) is 84.7 Å². The SMILES string of the molecule is CC1(CCCCS(=O)(=O)O)C(/C=C2\C(=O)C(/C=C3\N(CCCCS(=O)(=O)O)c4ccc(S(=O)(=O)O)cc4C3(C)CCCCS(=O)(=O)O)=C2O)=[N+](CCCCCC(=O)O)c2ccc(S(=O)(=O)O)cc21. The second-order valence-electron chi connectivity index (χ2n) is 17.5. The van der Waals surface area contributed by atoms with E-state index < -0.39 is 106 Å². The van der Waals surface area contributed by atoms with Crippen LogP contribution in [0.1, 0.15) is 102 Å². The molecule has 2 aliphatic heterocycles. The number of nitrogens with zero attached hydrogens (tertiary/aromatic N) is 2. The Bertz CT molecular complexity index is 3070. The lowest BCUT2D eigenvalue weighted by Crippen LogP contribution is -2.34. The van der Waals surface area contributed by atoms with Gasteiger partial charge in [0, 0.05) is 53.9 Å². The number of carbonyl (C=O) groups excluding carboxylic acids is 1. The van der Waals surface area contributed by atoms with Crippen LogP contribution in [0.15, 0.2) is 80.9 Å². The Balaban J connectivity index is 1.68. The first-order valence-corrected chi connectivity index (χ1v) is 29.1. The van der Waals surface area contributed by atoms with Crippen molar-refractivity contribution in [2.45, 2.75) is 112 Å². The van der Waals surface area contributed by atoms with E-state index in [1.54, 1.807) is 23.3 Å². The van der Waals surface area contributed by atoms with E-state index >= 15 is 0 Å². The normalized spacial score (nSPS) is 21.2. The highest BCUT2D eigenvalue weighted by atomic mass is 32.2. The number of unbranched alkanes of at least 4 members (excludes halogenated alkanes) is 5. The Hall–Kier alpha value is -4.38. The Morgan fingerprint density at radius 1 is 0.647 bits per heavy atom. The molecule has 21 nitrogen and oxygen atoms in total. The summed E-state index contributed by atoms with van der Waals surface area (Å²) in [5.74, 6) is -4.03. The number of aliphatic hydroxyl groups is 1. The van der Waals surface area contributed by atoms with Crippen LogP contribution in [0, 0.1) is 0 Å². The number of aliphatic carboxylic acids is 1. The summed E-state index contributed by atoms with van der Waals surface area (Å²) in [6.45, 7) is 3.56. The molecule has 2 aromatic rings. The number of fused-ring (bicyclic) bond motifs is 2. The van der Waals surface area contributed by atoms with Gasteiger partial charge < -0.3 is 15.1 Å². The highest BCUT2D eigenvalue weighted by molar-refractivity contribution is 7.86. The lowest BCUT2D eigenvalue weighted by Gasteiger charge is -2.32. The highest BCUT2D eigenvalue weighted by Crippen LogP contribution is 2.53. The van der Waals surface area contributed by atoms with E-state index in [1.165, 1.54) is 42.5 Å². The zero-order valence-corrected chi connectivity index (χ0v) is 41.2. The number of rotatable bonds is 25. The Morgan fingerprint density at radius 3 is 1.68 bits per heavy atom. The van der Waals surface area contributed by atoms with Crippen LogP contribution in [0.25, 0.3) is 0 Å². The molecular formula is C42H55N2O19S5+. The molecule has 7 N–H and O–H groups in total. The van der Waals surface area contributed by atoms with Gasteiger partial charge in [0.05, 0.1) is 43.6 Å². The Kier molecular flexibility index (Phi) is 16.5. The van der Waals surface area contributed by atoms with Crippen molar-refractivity contribution < 1.29 is 89.2 Å². The largest absolute Gasteiger partial charge is 0.506 e. The molecule has 0 radical (unpaired) electrons. The predicted octanol–water partition coefficient (Wildman–Crippen LogP) is 4.95. The van der Waals surface area contributed by atoms with Crippen molar-refractivity contribution in [2.75, 3.05) is 35.2 Å². The number of ketones is 1. The van der Waals surface area contributed by atoms with Crippen LogP contribution in [-0.2, 0) is 71.0 Å². The molecule has 2 heterocycles. The van der Waals surface area contributed by atoms with Gasteiger partial charge in [0.1, 0.15) is 12.3 Å². The van der Waals surface area contributed by atoms with Gasteiger partial charge in [-0.25, -0.2) is 0 Å². The van der Waals surface area contributed by atoms with Crippen LogP contribution in [0.3, 0.4) is 0 Å². The van der Waals surface area contributed by atoms with Crippen molar-refractivity contribution in [3.63, 3.8) is 0 Å². The summed E-state index contributed by atoms with van der Waals surface area (Å²) < 4.78 is 169. The Morgan fingerprint density at radius 2 is 1.16 bits per heavy atom. The van der Waals surface area contributed by atoms with Gasteiger partial charge in [-0.1, -0.05) is 12.8 Å². The minimum Gasteiger partial charge on any atom is -0.506 e. The third-order valence-corrected chi connectivity index (χ3v) is 16.7. The minimum atomic E-state index is -4.78. The molecule has 376 valence electrons. The summed E-state index contributed by atoms with van der Waals surface area (Å²) in [6, 6.07) is 7.57. The summed E-state index contributed by atoms with van der Waals surface area (Å²) >= 11 is 0. The molecule has 0 saturated heterocycles. The van der Waals surface area contributed by atoms with Crippen LogP contribution in [0.2, 0.25) is 0 Å². The monoisotopic (exact) mass is 1050 g/mol. The van der Waals surface area contributed by atoms with Crippen molar-refractivity contribution in [3.8, 4) is 0 Å². The predicted molar refractivity (Wildman–Crippen MR) is 247 cm³/mol. The second-order valence-corrected chi connectivity index (χ2v) is 25.1. The first-order chi connectivity index (χ1) is 31.3. The molecule has 0 bridgehead atoms. The average Bonchev–Trinajstić information content (AvgIpc) is 3.58. The van der Waals surface area contributed by atoms with Crippen LogP contribution < -0.4 is 4.90 Å². The molecule has 0 aromatic heterocycles. The van der Waals surface area contributed by atoms with Gasteiger partial charge in [-0.15, -0.1) is 0 Å². The van der Waals surface area contributed by atoms with E-state index in [1.807, 2.05) is 0 Å². The summed E-state index contributed by atoms with van der Waals surface area (Å²) in [5, 5.41) is 21.0. The van der Waals surface area contributed by atoms with Crippen molar-refractivity contribution in [3.05, 3.63) is 82.3 Å². The number of anilines is 1. The van der Waals surface area contributed by atoms with Crippen LogP contribution >= 0.6 is 0 Å². The number of carboxylic acid groups (broad SMARTS) is 1. The van der Waals surface area contributed by atoms with Gasteiger partial charge in [-0.2, -0.15) is 46.7 Å². The van der Waals surface area contributed by atoms with E-state index in [-0.39, 0.29) is 87.7 Å². The number of hydrogen-bond acceptors (Lipinski definition) is 14. The molecule has 68 heavy (non-hydrogen) atoms. The maximum atomic E-state index is 14.4. The van der Waals surface area contributed by atoms with E-state index in [0.29, 0.717) is 47.5 Å². The molecule has 5 rings (SSSR count). The van der Waals surface area contributed by atoms with Crippen LogP contribution in [0.4, 0.5) is 11.4 Å².